The number of hydrogen-bond acceptors (Lipinski definition) is 6. The van der Waals surface area contributed by atoms with Gasteiger partial charge in [0.2, 0.25) is 0 Å². The number of aryl methyl sites for hydroxylation is 2. The van der Waals surface area contributed by atoms with Gasteiger partial charge in [0.05, 0.1) is 17.3 Å². The van der Waals surface area contributed by atoms with Gasteiger partial charge in [-0.25, -0.2) is 0 Å². The Balaban J connectivity index is 1.63. The fourth-order valence-corrected chi connectivity index (χ4v) is 5.19. The molecule has 0 radical (unpaired) electrons. The van der Waals surface area contributed by atoms with Crippen LogP contribution in [0.25, 0.3) is 21.5 Å². The number of nitrogens with zero attached hydrogens (tertiary/aromatic N) is 4. The lowest BCUT2D eigenvalue weighted by Gasteiger charge is -2.24. The zero-order valence-electron chi connectivity index (χ0n) is 17.0. The van der Waals surface area contributed by atoms with Gasteiger partial charge in [-0.05, 0) is 62.4 Å². The van der Waals surface area contributed by atoms with Crippen molar-refractivity contribution < 1.29 is 0 Å². The molecule has 0 bridgehead atoms. The number of benzene rings is 3. The van der Waals surface area contributed by atoms with Crippen LogP contribution in [0.5, 0.6) is 0 Å². The Morgan fingerprint density at radius 3 is 1.97 bits per heavy atom. The lowest BCUT2D eigenvalue weighted by atomic mass is 10.1. The van der Waals surface area contributed by atoms with Crippen LogP contribution >= 0.6 is 23.1 Å². The van der Waals surface area contributed by atoms with E-state index in [9.17, 15) is 5.26 Å². The molecule has 0 saturated heterocycles. The standard InChI is InChI=1S/C25H18N4S2/c1-16-3-8-19(9-4-16)29(20-10-5-17(2)6-11-20)23-14-13-22(30-23)21-12-7-18(15-26)24-25(21)28-31-27-24/h3-14H,1-2H3. The molecule has 2 aromatic heterocycles. The summed E-state index contributed by atoms with van der Waals surface area (Å²) in [5, 5.41) is 10.5. The minimum Gasteiger partial charge on any atom is -0.302 e. The highest BCUT2D eigenvalue weighted by Gasteiger charge is 2.18. The average Bonchev–Trinajstić information content (AvgIpc) is 3.46. The minimum absolute atomic E-state index is 0.560. The predicted octanol–water partition coefficient (Wildman–Crippen LogP) is 7.38. The van der Waals surface area contributed by atoms with Gasteiger partial charge in [-0.15, -0.1) is 11.3 Å². The Morgan fingerprint density at radius 2 is 1.35 bits per heavy atom. The Kier molecular flexibility index (Phi) is 4.99. The van der Waals surface area contributed by atoms with E-state index in [1.165, 1.54) is 11.1 Å². The molecule has 0 aliphatic rings. The van der Waals surface area contributed by atoms with Crippen molar-refractivity contribution in [2.24, 2.45) is 0 Å². The fourth-order valence-electron chi connectivity index (χ4n) is 3.54. The molecule has 3 aromatic carbocycles. The molecule has 150 valence electrons. The first-order valence-electron chi connectivity index (χ1n) is 9.83. The van der Waals surface area contributed by atoms with Crippen LogP contribution in [0, 0.1) is 25.2 Å². The van der Waals surface area contributed by atoms with Gasteiger partial charge in [0, 0.05) is 21.8 Å². The molecular weight excluding hydrogens is 420 g/mol. The van der Waals surface area contributed by atoms with E-state index in [1.54, 1.807) is 11.3 Å². The molecule has 5 rings (SSSR count). The topological polar surface area (TPSA) is 52.8 Å². The maximum Gasteiger partial charge on any atom is 0.123 e. The molecule has 0 spiro atoms. The van der Waals surface area contributed by atoms with E-state index in [1.807, 2.05) is 12.1 Å². The normalized spacial score (nSPS) is 10.9. The first-order valence-corrected chi connectivity index (χ1v) is 11.4. The van der Waals surface area contributed by atoms with E-state index in [4.69, 9.17) is 0 Å². The summed E-state index contributed by atoms with van der Waals surface area (Å²) in [7, 11) is 0. The summed E-state index contributed by atoms with van der Waals surface area (Å²) in [6, 6.07) is 27.4. The van der Waals surface area contributed by atoms with Gasteiger partial charge in [0.1, 0.15) is 22.1 Å². The van der Waals surface area contributed by atoms with Crippen LogP contribution in [0.3, 0.4) is 0 Å². The summed E-state index contributed by atoms with van der Waals surface area (Å²) < 4.78 is 8.80. The summed E-state index contributed by atoms with van der Waals surface area (Å²) in [6.07, 6.45) is 0. The molecular formula is C25H18N4S2. The lowest BCUT2D eigenvalue weighted by Crippen LogP contribution is -2.08. The van der Waals surface area contributed by atoms with Crippen molar-refractivity contribution in [3.63, 3.8) is 0 Å². The van der Waals surface area contributed by atoms with E-state index >= 15 is 0 Å². The van der Waals surface area contributed by atoms with Crippen molar-refractivity contribution >= 4 is 50.5 Å². The van der Waals surface area contributed by atoms with E-state index in [2.05, 4.69) is 94.2 Å². The van der Waals surface area contributed by atoms with Crippen LogP contribution in [0.2, 0.25) is 0 Å². The van der Waals surface area contributed by atoms with Gasteiger partial charge in [-0.1, -0.05) is 35.4 Å². The number of rotatable bonds is 4. The van der Waals surface area contributed by atoms with Crippen molar-refractivity contribution in [2.45, 2.75) is 13.8 Å². The summed E-state index contributed by atoms with van der Waals surface area (Å²) in [4.78, 5) is 3.37. The number of fused-ring (bicyclic) bond motifs is 1. The quantitative estimate of drug-likeness (QED) is 0.294. The van der Waals surface area contributed by atoms with Crippen molar-refractivity contribution in [1.29, 1.82) is 5.26 Å². The molecule has 2 heterocycles. The second-order valence-corrected chi connectivity index (χ2v) is 8.97. The fraction of sp³-hybridized carbons (Fsp3) is 0.0800. The highest BCUT2D eigenvalue weighted by molar-refractivity contribution is 7.19. The first-order chi connectivity index (χ1) is 15.1. The number of thiophene rings is 1. The molecule has 0 N–H and O–H groups in total. The first kappa shape index (κ1) is 19.4. The molecule has 6 heteroatoms. The van der Waals surface area contributed by atoms with Gasteiger partial charge >= 0.3 is 0 Å². The van der Waals surface area contributed by atoms with Crippen molar-refractivity contribution in [3.8, 4) is 16.5 Å². The van der Waals surface area contributed by atoms with Crippen LogP contribution in [-0.2, 0) is 0 Å². The molecule has 0 unspecified atom stereocenters. The molecule has 31 heavy (non-hydrogen) atoms. The lowest BCUT2D eigenvalue weighted by molar-refractivity contribution is 1.29. The van der Waals surface area contributed by atoms with Gasteiger partial charge in [-0.2, -0.15) is 14.0 Å². The predicted molar refractivity (Wildman–Crippen MR) is 130 cm³/mol. The summed E-state index contributed by atoms with van der Waals surface area (Å²) >= 11 is 2.85. The smallest absolute Gasteiger partial charge is 0.123 e. The SMILES string of the molecule is Cc1ccc(N(c2ccc(C)cc2)c2ccc(-c3ccc(C#N)c4nsnc34)s2)cc1. The van der Waals surface area contributed by atoms with Gasteiger partial charge < -0.3 is 4.90 Å². The maximum absolute atomic E-state index is 9.37. The largest absolute Gasteiger partial charge is 0.302 e. The molecule has 0 aliphatic heterocycles. The van der Waals surface area contributed by atoms with E-state index < -0.39 is 0 Å². The van der Waals surface area contributed by atoms with Crippen molar-refractivity contribution in [1.82, 2.24) is 8.75 Å². The van der Waals surface area contributed by atoms with Crippen LogP contribution in [-0.4, -0.2) is 8.75 Å². The summed E-state index contributed by atoms with van der Waals surface area (Å²) in [5.41, 5.74) is 7.72. The number of aromatic nitrogens is 2. The molecule has 0 fully saturated rings. The minimum atomic E-state index is 0.560. The zero-order valence-corrected chi connectivity index (χ0v) is 18.7. The average molecular weight is 439 g/mol. The highest BCUT2D eigenvalue weighted by Crippen LogP contribution is 2.43. The second-order valence-electron chi connectivity index (χ2n) is 7.38. The van der Waals surface area contributed by atoms with Gasteiger partial charge in [0.25, 0.3) is 0 Å². The van der Waals surface area contributed by atoms with Gasteiger partial charge in [-0.3, -0.25) is 0 Å². The van der Waals surface area contributed by atoms with Crippen LogP contribution in [0.15, 0.2) is 72.8 Å². The molecule has 0 saturated carbocycles. The molecule has 5 aromatic rings. The van der Waals surface area contributed by atoms with Crippen molar-refractivity contribution in [2.75, 3.05) is 4.90 Å². The third-order valence-electron chi connectivity index (χ3n) is 5.20. The molecule has 4 nitrogen and oxygen atoms in total. The number of hydrogen-bond donors (Lipinski definition) is 0. The van der Waals surface area contributed by atoms with Gasteiger partial charge in [0.15, 0.2) is 0 Å². The molecule has 0 aliphatic carbocycles. The van der Waals surface area contributed by atoms with Crippen LogP contribution in [0.1, 0.15) is 16.7 Å². The molecule has 0 atom stereocenters. The third-order valence-corrected chi connectivity index (χ3v) is 6.83. The van der Waals surface area contributed by atoms with Crippen LogP contribution in [0.4, 0.5) is 16.4 Å². The Bertz CT molecular complexity index is 1360. The molecule has 0 amide bonds. The highest BCUT2D eigenvalue weighted by atomic mass is 32.1. The summed E-state index contributed by atoms with van der Waals surface area (Å²) in [6.45, 7) is 4.20. The van der Waals surface area contributed by atoms with Crippen molar-refractivity contribution in [3.05, 3.63) is 89.5 Å². The Hall–Kier alpha value is -3.53. The maximum atomic E-state index is 9.37. The van der Waals surface area contributed by atoms with E-state index in [0.29, 0.717) is 11.1 Å². The number of anilines is 3. The Labute approximate surface area is 189 Å². The van der Waals surface area contributed by atoms with E-state index in [0.717, 1.165) is 44.1 Å². The monoisotopic (exact) mass is 438 g/mol. The third kappa shape index (κ3) is 3.59. The second kappa shape index (κ2) is 7.95. The van der Waals surface area contributed by atoms with E-state index in [-0.39, 0.29) is 0 Å². The number of nitriles is 1. The Morgan fingerprint density at radius 1 is 0.742 bits per heavy atom. The summed E-state index contributed by atoms with van der Waals surface area (Å²) in [5.74, 6) is 0. The zero-order chi connectivity index (χ0) is 21.4. The van der Waals surface area contributed by atoms with Crippen LogP contribution < -0.4 is 4.90 Å².